The lowest BCUT2D eigenvalue weighted by atomic mass is 10.0. The first-order chi connectivity index (χ1) is 13.6. The summed E-state index contributed by atoms with van der Waals surface area (Å²) in [6.45, 7) is 5.77. The molecule has 0 radical (unpaired) electrons. The van der Waals surface area contributed by atoms with Crippen molar-refractivity contribution in [3.8, 4) is 0 Å². The van der Waals surface area contributed by atoms with E-state index in [1.54, 1.807) is 11.8 Å². The Morgan fingerprint density at radius 3 is 2.61 bits per heavy atom. The number of ether oxygens (including phenoxy) is 1. The van der Waals surface area contributed by atoms with Gasteiger partial charge in [-0.2, -0.15) is 0 Å². The number of amides is 1. The van der Waals surface area contributed by atoms with Crippen molar-refractivity contribution >= 4 is 23.4 Å². The van der Waals surface area contributed by atoms with Crippen molar-refractivity contribution in [1.29, 1.82) is 0 Å². The number of para-hydroxylation sites is 1. The fourth-order valence-corrected chi connectivity index (χ4v) is 4.36. The highest BCUT2D eigenvalue weighted by atomic mass is 32.2. The number of hydrogen-bond acceptors (Lipinski definition) is 4. The van der Waals surface area contributed by atoms with Gasteiger partial charge in [0.1, 0.15) is 0 Å². The van der Waals surface area contributed by atoms with Gasteiger partial charge in [-0.05, 0) is 43.0 Å². The molecule has 1 saturated heterocycles. The molecule has 3 rings (SSSR count). The van der Waals surface area contributed by atoms with Gasteiger partial charge < -0.3 is 15.4 Å². The molecule has 1 aliphatic rings. The Morgan fingerprint density at radius 1 is 1.14 bits per heavy atom. The van der Waals surface area contributed by atoms with Crippen molar-refractivity contribution in [2.24, 2.45) is 5.92 Å². The van der Waals surface area contributed by atoms with Gasteiger partial charge in [-0.3, -0.25) is 4.79 Å². The summed E-state index contributed by atoms with van der Waals surface area (Å²) in [7, 11) is 0. The molecule has 0 aromatic heterocycles. The lowest BCUT2D eigenvalue weighted by molar-refractivity contribution is 0.0947. The summed E-state index contributed by atoms with van der Waals surface area (Å²) >= 11 is 1.71. The molecule has 1 heterocycles. The second-order valence-electron chi connectivity index (χ2n) is 7.51. The highest BCUT2D eigenvalue weighted by Crippen LogP contribution is 2.26. The average Bonchev–Trinajstić information content (AvgIpc) is 3.24. The van der Waals surface area contributed by atoms with E-state index in [2.05, 4.69) is 24.5 Å². The zero-order chi connectivity index (χ0) is 19.8. The number of rotatable bonds is 9. The van der Waals surface area contributed by atoms with Crippen LogP contribution in [0.5, 0.6) is 0 Å². The Hall–Kier alpha value is -1.98. The van der Waals surface area contributed by atoms with Gasteiger partial charge in [-0.25, -0.2) is 0 Å². The molecule has 0 saturated carbocycles. The van der Waals surface area contributed by atoms with E-state index in [-0.39, 0.29) is 11.9 Å². The third-order valence-electron chi connectivity index (χ3n) is 4.99. The average molecular weight is 399 g/mol. The summed E-state index contributed by atoms with van der Waals surface area (Å²) in [5.74, 6) is 1.27. The Balaban J connectivity index is 1.58. The van der Waals surface area contributed by atoms with Gasteiger partial charge in [-0.15, -0.1) is 11.8 Å². The van der Waals surface area contributed by atoms with Crippen molar-refractivity contribution in [3.63, 3.8) is 0 Å². The van der Waals surface area contributed by atoms with Crippen LogP contribution in [0.1, 0.15) is 37.0 Å². The van der Waals surface area contributed by atoms with Gasteiger partial charge in [0.05, 0.1) is 11.7 Å². The molecule has 0 bridgehead atoms. The van der Waals surface area contributed by atoms with Crippen LogP contribution in [0.4, 0.5) is 5.69 Å². The van der Waals surface area contributed by atoms with E-state index in [0.29, 0.717) is 18.6 Å². The predicted molar refractivity (Wildman–Crippen MR) is 117 cm³/mol. The molecule has 2 aromatic rings. The van der Waals surface area contributed by atoms with E-state index in [1.807, 2.05) is 54.6 Å². The van der Waals surface area contributed by atoms with Gasteiger partial charge in [0.15, 0.2) is 0 Å². The molecule has 0 aliphatic carbocycles. The molecule has 150 valence electrons. The largest absolute Gasteiger partial charge is 0.380 e. The van der Waals surface area contributed by atoms with Crippen molar-refractivity contribution in [1.82, 2.24) is 5.32 Å². The highest BCUT2D eigenvalue weighted by molar-refractivity contribution is 7.99. The summed E-state index contributed by atoms with van der Waals surface area (Å²) in [5, 5.41) is 6.65. The van der Waals surface area contributed by atoms with Crippen molar-refractivity contribution < 1.29 is 9.53 Å². The molecule has 4 nitrogen and oxygen atoms in total. The number of thioether (sulfide) groups is 1. The smallest absolute Gasteiger partial charge is 0.252 e. The SMILES string of the molecule is CC(C)C(CNC(=O)c1ccccc1SCC1CCCO1)Nc1ccccc1. The Labute approximate surface area is 172 Å². The molecule has 28 heavy (non-hydrogen) atoms. The van der Waals surface area contributed by atoms with Gasteiger partial charge in [-0.1, -0.05) is 44.2 Å². The van der Waals surface area contributed by atoms with Crippen LogP contribution in [0.3, 0.4) is 0 Å². The van der Waals surface area contributed by atoms with E-state index < -0.39 is 0 Å². The minimum atomic E-state index is -0.0176. The lowest BCUT2D eigenvalue weighted by Gasteiger charge is -2.24. The fraction of sp³-hybridized carbons (Fsp3) is 0.435. The standard InChI is InChI=1S/C23H30N2O2S/c1-17(2)21(25-18-9-4-3-5-10-18)15-24-23(26)20-12-6-7-13-22(20)28-16-19-11-8-14-27-19/h3-7,9-10,12-13,17,19,21,25H,8,11,14-16H2,1-2H3,(H,24,26). The predicted octanol–water partition coefficient (Wildman–Crippen LogP) is 4.82. The van der Waals surface area contributed by atoms with E-state index in [1.165, 1.54) is 0 Å². The summed E-state index contributed by atoms with van der Waals surface area (Å²) in [6.07, 6.45) is 2.56. The first kappa shape index (κ1) is 20.7. The second-order valence-corrected chi connectivity index (χ2v) is 8.57. The highest BCUT2D eigenvalue weighted by Gasteiger charge is 2.19. The van der Waals surface area contributed by atoms with E-state index in [9.17, 15) is 4.79 Å². The van der Waals surface area contributed by atoms with Crippen LogP contribution in [0, 0.1) is 5.92 Å². The van der Waals surface area contributed by atoms with E-state index >= 15 is 0 Å². The van der Waals surface area contributed by atoms with E-state index in [4.69, 9.17) is 4.74 Å². The Bertz CT molecular complexity index is 745. The number of carbonyl (C=O) groups is 1. The van der Waals surface area contributed by atoms with Crippen LogP contribution < -0.4 is 10.6 Å². The summed E-state index contributed by atoms with van der Waals surface area (Å²) in [5.41, 5.74) is 1.82. The summed E-state index contributed by atoms with van der Waals surface area (Å²) in [6, 6.07) is 18.1. The van der Waals surface area contributed by atoms with Crippen LogP contribution in [-0.4, -0.2) is 37.0 Å². The van der Waals surface area contributed by atoms with Crippen LogP contribution in [0.2, 0.25) is 0 Å². The lowest BCUT2D eigenvalue weighted by Crippen LogP contribution is -2.39. The van der Waals surface area contributed by atoms with Crippen LogP contribution >= 0.6 is 11.8 Å². The molecule has 1 aliphatic heterocycles. The molecular formula is C23H30N2O2S. The number of carbonyl (C=O) groups excluding carboxylic acids is 1. The maximum Gasteiger partial charge on any atom is 0.252 e. The van der Waals surface area contributed by atoms with Gasteiger partial charge in [0.2, 0.25) is 0 Å². The Kier molecular flexibility index (Phi) is 7.80. The molecular weight excluding hydrogens is 368 g/mol. The molecule has 0 spiro atoms. The quantitative estimate of drug-likeness (QED) is 0.595. The summed E-state index contributed by atoms with van der Waals surface area (Å²) in [4.78, 5) is 13.9. The van der Waals surface area contributed by atoms with Crippen molar-refractivity contribution in [2.45, 2.75) is 43.7 Å². The van der Waals surface area contributed by atoms with Crippen LogP contribution in [-0.2, 0) is 4.74 Å². The zero-order valence-corrected chi connectivity index (χ0v) is 17.5. The molecule has 2 N–H and O–H groups in total. The topological polar surface area (TPSA) is 50.4 Å². The van der Waals surface area contributed by atoms with Crippen molar-refractivity contribution in [2.75, 3.05) is 24.2 Å². The minimum Gasteiger partial charge on any atom is -0.380 e. The monoisotopic (exact) mass is 398 g/mol. The molecule has 5 heteroatoms. The third kappa shape index (κ3) is 6.01. The Morgan fingerprint density at radius 2 is 1.89 bits per heavy atom. The van der Waals surface area contributed by atoms with Gasteiger partial charge in [0.25, 0.3) is 5.91 Å². The molecule has 2 aromatic carbocycles. The van der Waals surface area contributed by atoms with Crippen molar-refractivity contribution in [3.05, 3.63) is 60.2 Å². The molecule has 2 unspecified atom stereocenters. The number of hydrogen-bond donors (Lipinski definition) is 2. The van der Waals surface area contributed by atoms with Gasteiger partial charge >= 0.3 is 0 Å². The van der Waals surface area contributed by atoms with Crippen LogP contribution in [0.25, 0.3) is 0 Å². The fourth-order valence-electron chi connectivity index (χ4n) is 3.24. The number of anilines is 1. The third-order valence-corrected chi connectivity index (χ3v) is 6.20. The minimum absolute atomic E-state index is 0.0176. The normalized spacial score (nSPS) is 17.5. The maximum absolute atomic E-state index is 12.9. The first-order valence-electron chi connectivity index (χ1n) is 10.1. The summed E-state index contributed by atoms with van der Waals surface area (Å²) < 4.78 is 5.71. The first-order valence-corrected chi connectivity index (χ1v) is 11.0. The molecule has 1 fully saturated rings. The number of nitrogens with one attached hydrogen (secondary N) is 2. The second kappa shape index (κ2) is 10.5. The van der Waals surface area contributed by atoms with Gasteiger partial charge in [0, 0.05) is 35.5 Å². The molecule has 1 amide bonds. The molecule has 2 atom stereocenters. The zero-order valence-electron chi connectivity index (χ0n) is 16.7. The maximum atomic E-state index is 12.9. The number of benzene rings is 2. The van der Waals surface area contributed by atoms with E-state index in [0.717, 1.165) is 41.3 Å². The van der Waals surface area contributed by atoms with Crippen LogP contribution in [0.15, 0.2) is 59.5 Å².